The van der Waals surface area contributed by atoms with Crippen molar-refractivity contribution in [2.24, 2.45) is 5.73 Å². The molecule has 0 saturated heterocycles. The third kappa shape index (κ3) is 2.27. The summed E-state index contributed by atoms with van der Waals surface area (Å²) >= 11 is 0. The Morgan fingerprint density at radius 2 is 2.00 bits per heavy atom. The Labute approximate surface area is 113 Å². The summed E-state index contributed by atoms with van der Waals surface area (Å²) in [5.74, 6) is 0. The van der Waals surface area contributed by atoms with E-state index in [1.54, 1.807) is 12.4 Å². The number of pyridine rings is 1. The summed E-state index contributed by atoms with van der Waals surface area (Å²) in [6, 6.07) is 11.9. The standard InChI is InChI=1S/C16H18N2O/c17-11-16(6-7-16)14-5-1-3-12(9-14)15(19)13-4-2-8-18-10-13/h1-5,8-10,15,19H,6-7,11,17H2. The van der Waals surface area contributed by atoms with Gasteiger partial charge in [-0.1, -0.05) is 30.3 Å². The van der Waals surface area contributed by atoms with Crippen molar-refractivity contribution >= 4 is 0 Å². The Bertz CT molecular complexity index is 564. The van der Waals surface area contributed by atoms with Gasteiger partial charge in [0.15, 0.2) is 0 Å². The van der Waals surface area contributed by atoms with E-state index in [1.165, 1.54) is 5.56 Å². The highest BCUT2D eigenvalue weighted by Crippen LogP contribution is 2.47. The molecule has 3 heteroatoms. The number of aliphatic hydroxyl groups excluding tert-OH is 1. The first kappa shape index (κ1) is 12.3. The van der Waals surface area contributed by atoms with Gasteiger partial charge in [0.1, 0.15) is 6.10 Å². The van der Waals surface area contributed by atoms with E-state index in [4.69, 9.17) is 5.73 Å². The number of aromatic nitrogens is 1. The van der Waals surface area contributed by atoms with E-state index in [1.807, 2.05) is 24.3 Å². The van der Waals surface area contributed by atoms with Crippen LogP contribution in [0.3, 0.4) is 0 Å². The van der Waals surface area contributed by atoms with Crippen LogP contribution in [0.4, 0.5) is 0 Å². The number of hydrogen-bond acceptors (Lipinski definition) is 3. The normalized spacial score (nSPS) is 18.0. The van der Waals surface area contributed by atoms with Crippen LogP contribution in [0.1, 0.15) is 35.6 Å². The molecule has 3 nitrogen and oxygen atoms in total. The van der Waals surface area contributed by atoms with Crippen molar-refractivity contribution in [3.63, 3.8) is 0 Å². The minimum atomic E-state index is -0.623. The molecule has 1 heterocycles. The fraction of sp³-hybridized carbons (Fsp3) is 0.312. The lowest BCUT2D eigenvalue weighted by atomic mass is 9.92. The molecule has 0 spiro atoms. The molecule has 0 radical (unpaired) electrons. The second-order valence-corrected chi connectivity index (χ2v) is 5.30. The topological polar surface area (TPSA) is 59.1 Å². The zero-order valence-electron chi connectivity index (χ0n) is 10.8. The van der Waals surface area contributed by atoms with E-state index in [0.29, 0.717) is 6.54 Å². The number of aliphatic hydroxyl groups is 1. The average molecular weight is 254 g/mol. The summed E-state index contributed by atoms with van der Waals surface area (Å²) in [6.45, 7) is 0.680. The molecule has 1 atom stereocenters. The van der Waals surface area contributed by atoms with E-state index in [2.05, 4.69) is 17.1 Å². The molecule has 1 unspecified atom stereocenters. The third-order valence-corrected chi connectivity index (χ3v) is 4.06. The highest BCUT2D eigenvalue weighted by atomic mass is 16.3. The molecule has 1 saturated carbocycles. The quantitative estimate of drug-likeness (QED) is 0.879. The monoisotopic (exact) mass is 254 g/mol. The van der Waals surface area contributed by atoms with Gasteiger partial charge < -0.3 is 10.8 Å². The third-order valence-electron chi connectivity index (χ3n) is 4.06. The maximum Gasteiger partial charge on any atom is 0.106 e. The Morgan fingerprint density at radius 3 is 2.63 bits per heavy atom. The van der Waals surface area contributed by atoms with Crippen LogP contribution in [0, 0.1) is 0 Å². The Balaban J connectivity index is 1.92. The SMILES string of the molecule is NCC1(c2cccc(C(O)c3cccnc3)c2)CC1. The number of hydrogen-bond donors (Lipinski definition) is 2. The zero-order chi connectivity index (χ0) is 13.3. The van der Waals surface area contributed by atoms with Crippen LogP contribution >= 0.6 is 0 Å². The van der Waals surface area contributed by atoms with Crippen molar-refractivity contribution in [3.05, 3.63) is 65.5 Å². The highest BCUT2D eigenvalue weighted by Gasteiger charge is 2.42. The van der Waals surface area contributed by atoms with Crippen LogP contribution in [0.5, 0.6) is 0 Å². The first-order valence-corrected chi connectivity index (χ1v) is 6.64. The molecule has 0 aliphatic heterocycles. The van der Waals surface area contributed by atoms with Crippen LogP contribution < -0.4 is 5.73 Å². The molecule has 19 heavy (non-hydrogen) atoms. The molecule has 98 valence electrons. The molecule has 1 fully saturated rings. The van der Waals surface area contributed by atoms with Gasteiger partial charge in [0, 0.05) is 29.9 Å². The summed E-state index contributed by atoms with van der Waals surface area (Å²) in [5.41, 5.74) is 8.99. The van der Waals surface area contributed by atoms with Crippen LogP contribution in [0.2, 0.25) is 0 Å². The van der Waals surface area contributed by atoms with E-state index < -0.39 is 6.10 Å². The number of rotatable bonds is 4. The van der Waals surface area contributed by atoms with Crippen molar-refractivity contribution in [1.82, 2.24) is 4.98 Å². The fourth-order valence-corrected chi connectivity index (χ4v) is 2.53. The van der Waals surface area contributed by atoms with Gasteiger partial charge in [-0.25, -0.2) is 0 Å². The Morgan fingerprint density at radius 1 is 1.21 bits per heavy atom. The first-order chi connectivity index (χ1) is 9.25. The van der Waals surface area contributed by atoms with Gasteiger partial charge >= 0.3 is 0 Å². The second-order valence-electron chi connectivity index (χ2n) is 5.30. The average Bonchev–Trinajstić information content (AvgIpc) is 3.29. The van der Waals surface area contributed by atoms with Crippen molar-refractivity contribution in [3.8, 4) is 0 Å². The molecular weight excluding hydrogens is 236 g/mol. The van der Waals surface area contributed by atoms with E-state index in [9.17, 15) is 5.11 Å². The van der Waals surface area contributed by atoms with Crippen LogP contribution in [-0.2, 0) is 5.41 Å². The van der Waals surface area contributed by atoms with Gasteiger partial charge in [-0.2, -0.15) is 0 Å². The summed E-state index contributed by atoms with van der Waals surface area (Å²) in [6.07, 6.45) is 5.08. The maximum absolute atomic E-state index is 10.4. The molecule has 1 aromatic carbocycles. The minimum Gasteiger partial charge on any atom is -0.384 e. The minimum absolute atomic E-state index is 0.157. The maximum atomic E-state index is 10.4. The Kier molecular flexibility index (Phi) is 3.09. The summed E-state index contributed by atoms with van der Waals surface area (Å²) in [5, 5.41) is 10.4. The lowest BCUT2D eigenvalue weighted by Crippen LogP contribution is -2.20. The summed E-state index contributed by atoms with van der Waals surface area (Å²) < 4.78 is 0. The predicted octanol–water partition coefficient (Wildman–Crippen LogP) is 2.15. The first-order valence-electron chi connectivity index (χ1n) is 6.64. The van der Waals surface area contributed by atoms with E-state index in [-0.39, 0.29) is 5.41 Å². The fourth-order valence-electron chi connectivity index (χ4n) is 2.53. The van der Waals surface area contributed by atoms with E-state index >= 15 is 0 Å². The van der Waals surface area contributed by atoms with Gasteiger partial charge in [0.2, 0.25) is 0 Å². The molecule has 0 amide bonds. The number of nitrogens with two attached hydrogens (primary N) is 1. The molecule has 0 bridgehead atoms. The molecule has 3 rings (SSSR count). The summed E-state index contributed by atoms with van der Waals surface area (Å²) in [4.78, 5) is 4.05. The van der Waals surface area contributed by atoms with Crippen molar-refractivity contribution in [2.75, 3.05) is 6.54 Å². The molecule has 2 aromatic rings. The van der Waals surface area contributed by atoms with Gasteiger partial charge in [-0.15, -0.1) is 0 Å². The van der Waals surface area contributed by atoms with Crippen LogP contribution in [-0.4, -0.2) is 16.6 Å². The summed E-state index contributed by atoms with van der Waals surface area (Å²) in [7, 11) is 0. The number of nitrogens with zero attached hydrogens (tertiary/aromatic N) is 1. The largest absolute Gasteiger partial charge is 0.384 e. The Hall–Kier alpha value is -1.71. The molecule has 1 aliphatic carbocycles. The molecule has 3 N–H and O–H groups in total. The number of benzene rings is 1. The lowest BCUT2D eigenvalue weighted by molar-refractivity contribution is 0.219. The van der Waals surface area contributed by atoms with Gasteiger partial charge in [-0.3, -0.25) is 4.98 Å². The molecule has 1 aliphatic rings. The van der Waals surface area contributed by atoms with Gasteiger partial charge in [0.25, 0.3) is 0 Å². The van der Waals surface area contributed by atoms with E-state index in [0.717, 1.165) is 24.0 Å². The second kappa shape index (κ2) is 4.76. The van der Waals surface area contributed by atoms with Gasteiger partial charge in [0.05, 0.1) is 0 Å². The van der Waals surface area contributed by atoms with Crippen molar-refractivity contribution in [1.29, 1.82) is 0 Å². The van der Waals surface area contributed by atoms with Crippen LogP contribution in [0.15, 0.2) is 48.8 Å². The van der Waals surface area contributed by atoms with Gasteiger partial charge in [-0.05, 0) is 30.0 Å². The molecular formula is C16H18N2O. The van der Waals surface area contributed by atoms with Crippen molar-refractivity contribution < 1.29 is 5.11 Å². The highest BCUT2D eigenvalue weighted by molar-refractivity contribution is 5.38. The zero-order valence-corrected chi connectivity index (χ0v) is 10.8. The lowest BCUT2D eigenvalue weighted by Gasteiger charge is -2.16. The van der Waals surface area contributed by atoms with Crippen molar-refractivity contribution in [2.45, 2.75) is 24.4 Å². The van der Waals surface area contributed by atoms with Crippen LogP contribution in [0.25, 0.3) is 0 Å². The predicted molar refractivity (Wildman–Crippen MR) is 74.7 cm³/mol. The smallest absolute Gasteiger partial charge is 0.106 e. The molecule has 1 aromatic heterocycles.